The number of aromatic nitrogens is 2. The summed E-state index contributed by atoms with van der Waals surface area (Å²) in [5.41, 5.74) is 3.00. The molecular weight excluding hydrogens is 262 g/mol. The van der Waals surface area contributed by atoms with Crippen molar-refractivity contribution in [3.8, 4) is 0 Å². The molecule has 4 nitrogen and oxygen atoms in total. The zero-order chi connectivity index (χ0) is 13.2. The van der Waals surface area contributed by atoms with E-state index in [9.17, 15) is 4.79 Å². The number of hydrogen-bond acceptors (Lipinski definition) is 3. The molecule has 0 saturated carbocycles. The van der Waals surface area contributed by atoms with Crippen LogP contribution in [0, 0.1) is 0 Å². The fourth-order valence-corrected chi connectivity index (χ4v) is 2.36. The van der Waals surface area contributed by atoms with Crippen LogP contribution in [-0.4, -0.2) is 16.3 Å². The van der Waals surface area contributed by atoms with Crippen molar-refractivity contribution in [2.24, 2.45) is 0 Å². The van der Waals surface area contributed by atoms with Crippen LogP contribution in [0.4, 0.5) is 0 Å². The molecule has 0 spiro atoms. The Morgan fingerprint density at radius 3 is 2.89 bits per heavy atom. The first-order valence-electron chi connectivity index (χ1n) is 6.27. The first-order chi connectivity index (χ1) is 9.22. The molecule has 0 atom stereocenters. The third kappa shape index (κ3) is 2.69. The minimum absolute atomic E-state index is 0.0580. The van der Waals surface area contributed by atoms with Crippen molar-refractivity contribution in [1.82, 2.24) is 15.1 Å². The maximum Gasteiger partial charge on any atom is 0.267 e. The lowest BCUT2D eigenvalue weighted by atomic mass is 10.1. The van der Waals surface area contributed by atoms with Crippen molar-refractivity contribution in [1.29, 1.82) is 0 Å². The molecule has 0 radical (unpaired) electrons. The van der Waals surface area contributed by atoms with Crippen LogP contribution in [0.5, 0.6) is 0 Å². The molecule has 5 heteroatoms. The second-order valence-corrected chi connectivity index (χ2v) is 5.10. The van der Waals surface area contributed by atoms with Gasteiger partial charge >= 0.3 is 0 Å². The number of nitrogens with one attached hydrogen (secondary N) is 1. The average Bonchev–Trinajstić information content (AvgIpc) is 2.42. The lowest BCUT2D eigenvalue weighted by Crippen LogP contribution is -2.31. The van der Waals surface area contributed by atoms with Crippen LogP contribution in [0.3, 0.4) is 0 Å². The van der Waals surface area contributed by atoms with Gasteiger partial charge in [0.1, 0.15) is 0 Å². The topological polar surface area (TPSA) is 46.9 Å². The molecule has 0 amide bonds. The van der Waals surface area contributed by atoms with Crippen molar-refractivity contribution in [3.63, 3.8) is 0 Å². The summed E-state index contributed by atoms with van der Waals surface area (Å²) < 4.78 is 1.52. The van der Waals surface area contributed by atoms with Crippen LogP contribution in [0.15, 0.2) is 35.1 Å². The number of benzene rings is 1. The summed E-state index contributed by atoms with van der Waals surface area (Å²) in [4.78, 5) is 12.0. The third-order valence-electron chi connectivity index (χ3n) is 3.26. The van der Waals surface area contributed by atoms with Gasteiger partial charge in [-0.15, -0.1) is 0 Å². The van der Waals surface area contributed by atoms with Gasteiger partial charge in [0.05, 0.1) is 12.2 Å². The molecule has 2 heterocycles. The molecule has 0 bridgehead atoms. The SMILES string of the molecule is O=c1cc2c(nn1Cc1ccc(Cl)cc1)CCNC2. The van der Waals surface area contributed by atoms with Crippen LogP contribution in [-0.2, 0) is 19.5 Å². The van der Waals surface area contributed by atoms with E-state index in [-0.39, 0.29) is 5.56 Å². The van der Waals surface area contributed by atoms with Crippen molar-refractivity contribution in [2.75, 3.05) is 6.54 Å². The fourth-order valence-electron chi connectivity index (χ4n) is 2.24. The summed E-state index contributed by atoms with van der Waals surface area (Å²) in [5, 5.41) is 8.40. The van der Waals surface area contributed by atoms with Gasteiger partial charge in [-0.2, -0.15) is 5.10 Å². The van der Waals surface area contributed by atoms with Crippen LogP contribution in [0.2, 0.25) is 5.02 Å². The quantitative estimate of drug-likeness (QED) is 0.905. The van der Waals surface area contributed by atoms with Crippen molar-refractivity contribution in [3.05, 3.63) is 62.5 Å². The van der Waals surface area contributed by atoms with Crippen LogP contribution in [0.25, 0.3) is 0 Å². The zero-order valence-corrected chi connectivity index (χ0v) is 11.2. The lowest BCUT2D eigenvalue weighted by Gasteiger charge is -2.17. The monoisotopic (exact) mass is 275 g/mol. The van der Waals surface area contributed by atoms with E-state index in [1.54, 1.807) is 6.07 Å². The third-order valence-corrected chi connectivity index (χ3v) is 3.52. The minimum atomic E-state index is -0.0580. The van der Waals surface area contributed by atoms with Gasteiger partial charge in [-0.1, -0.05) is 23.7 Å². The molecule has 3 rings (SSSR count). The zero-order valence-electron chi connectivity index (χ0n) is 10.4. The van der Waals surface area contributed by atoms with Crippen molar-refractivity contribution in [2.45, 2.75) is 19.5 Å². The summed E-state index contributed by atoms with van der Waals surface area (Å²) in [5.74, 6) is 0. The van der Waals surface area contributed by atoms with Gasteiger partial charge in [-0.05, 0) is 23.3 Å². The fraction of sp³-hybridized carbons (Fsp3) is 0.286. The lowest BCUT2D eigenvalue weighted by molar-refractivity contribution is 0.562. The number of nitrogens with zero attached hydrogens (tertiary/aromatic N) is 2. The molecule has 1 aromatic heterocycles. The predicted octanol–water partition coefficient (Wildman–Crippen LogP) is 1.59. The summed E-state index contributed by atoms with van der Waals surface area (Å²) >= 11 is 5.85. The molecule has 98 valence electrons. The van der Waals surface area contributed by atoms with E-state index in [4.69, 9.17) is 11.6 Å². The Labute approximate surface area is 116 Å². The highest BCUT2D eigenvalue weighted by molar-refractivity contribution is 6.30. The van der Waals surface area contributed by atoms with Crippen molar-refractivity contribution >= 4 is 11.6 Å². The Bertz CT molecular complexity index is 649. The average molecular weight is 276 g/mol. The van der Waals surface area contributed by atoms with Crippen LogP contribution >= 0.6 is 11.6 Å². The van der Waals surface area contributed by atoms with Gasteiger partial charge in [0.15, 0.2) is 0 Å². The van der Waals surface area contributed by atoms with E-state index in [1.807, 2.05) is 24.3 Å². The molecule has 1 aliphatic heterocycles. The van der Waals surface area contributed by atoms with Gasteiger partial charge in [-0.3, -0.25) is 4.79 Å². The highest BCUT2D eigenvalue weighted by Crippen LogP contribution is 2.11. The Balaban J connectivity index is 1.92. The number of rotatable bonds is 2. The van der Waals surface area contributed by atoms with Gasteiger partial charge in [0.25, 0.3) is 5.56 Å². The molecule has 2 aromatic rings. The van der Waals surface area contributed by atoms with Gasteiger partial charge in [0.2, 0.25) is 0 Å². The second kappa shape index (κ2) is 5.15. The van der Waals surface area contributed by atoms with Gasteiger partial charge in [-0.25, -0.2) is 4.68 Å². The van der Waals surface area contributed by atoms with E-state index >= 15 is 0 Å². The van der Waals surface area contributed by atoms with E-state index in [1.165, 1.54) is 4.68 Å². The van der Waals surface area contributed by atoms with E-state index in [0.717, 1.165) is 36.3 Å². The minimum Gasteiger partial charge on any atom is -0.312 e. The largest absolute Gasteiger partial charge is 0.312 e. The van der Waals surface area contributed by atoms with Gasteiger partial charge in [0, 0.05) is 30.6 Å². The summed E-state index contributed by atoms with van der Waals surface area (Å²) in [6, 6.07) is 9.16. The summed E-state index contributed by atoms with van der Waals surface area (Å²) in [6.07, 6.45) is 0.871. The molecule has 1 N–H and O–H groups in total. The summed E-state index contributed by atoms with van der Waals surface area (Å²) in [6.45, 7) is 2.13. The molecule has 1 aliphatic rings. The highest BCUT2D eigenvalue weighted by Gasteiger charge is 2.12. The molecule has 1 aromatic carbocycles. The van der Waals surface area contributed by atoms with Gasteiger partial charge < -0.3 is 5.32 Å². The maximum atomic E-state index is 12.0. The van der Waals surface area contributed by atoms with Crippen LogP contribution < -0.4 is 10.9 Å². The first-order valence-corrected chi connectivity index (χ1v) is 6.65. The Hall–Kier alpha value is -1.65. The molecule has 0 aliphatic carbocycles. The first kappa shape index (κ1) is 12.4. The van der Waals surface area contributed by atoms with E-state index < -0.39 is 0 Å². The molecule has 0 saturated heterocycles. The summed E-state index contributed by atoms with van der Waals surface area (Å²) in [7, 11) is 0. The normalized spacial score (nSPS) is 14.2. The van der Waals surface area contributed by atoms with Crippen molar-refractivity contribution < 1.29 is 0 Å². The molecular formula is C14H14ClN3O. The Kier molecular flexibility index (Phi) is 3.36. The van der Waals surface area contributed by atoms with E-state index in [2.05, 4.69) is 10.4 Å². The maximum absolute atomic E-state index is 12.0. The smallest absolute Gasteiger partial charge is 0.267 e. The number of hydrogen-bond donors (Lipinski definition) is 1. The second-order valence-electron chi connectivity index (χ2n) is 4.67. The number of fused-ring (bicyclic) bond motifs is 1. The molecule has 0 fully saturated rings. The van der Waals surface area contributed by atoms with Crippen LogP contribution in [0.1, 0.15) is 16.8 Å². The molecule has 0 unspecified atom stereocenters. The number of halogens is 1. The predicted molar refractivity (Wildman–Crippen MR) is 74.5 cm³/mol. The highest BCUT2D eigenvalue weighted by atomic mass is 35.5. The van der Waals surface area contributed by atoms with E-state index in [0.29, 0.717) is 11.6 Å². The Morgan fingerprint density at radius 2 is 2.11 bits per heavy atom. The Morgan fingerprint density at radius 1 is 1.32 bits per heavy atom. The standard InChI is InChI=1S/C14H14ClN3O/c15-12-3-1-10(2-4-12)9-18-14(19)7-11-8-16-6-5-13(11)17-18/h1-4,7,16H,5-6,8-9H2. The molecule has 19 heavy (non-hydrogen) atoms.